The first-order valence-corrected chi connectivity index (χ1v) is 6.16. The summed E-state index contributed by atoms with van der Waals surface area (Å²) in [5.74, 6) is 0.0430. The molecule has 2 rings (SSSR count). The Labute approximate surface area is 107 Å². The van der Waals surface area contributed by atoms with Crippen molar-refractivity contribution < 1.29 is 4.39 Å². The van der Waals surface area contributed by atoms with E-state index in [2.05, 4.69) is 41.5 Å². The van der Waals surface area contributed by atoms with Gasteiger partial charge in [-0.25, -0.2) is 4.98 Å². The van der Waals surface area contributed by atoms with Crippen LogP contribution in [0.1, 0.15) is 24.8 Å². The van der Waals surface area contributed by atoms with Crippen LogP contribution in [0.25, 0.3) is 0 Å². The molecule has 0 amide bonds. The lowest BCUT2D eigenvalue weighted by Crippen LogP contribution is -2.06. The lowest BCUT2D eigenvalue weighted by atomic mass is 9.98. The van der Waals surface area contributed by atoms with Crippen LogP contribution in [-0.2, 0) is 0 Å². The number of hydrogen-bond donors (Lipinski definition) is 1. The van der Waals surface area contributed by atoms with Crippen LogP contribution in [0.3, 0.4) is 0 Å². The summed E-state index contributed by atoms with van der Waals surface area (Å²) in [6, 6.07) is 13.6. The second-order valence-electron chi connectivity index (χ2n) is 4.39. The molecule has 0 aliphatic heterocycles. The van der Waals surface area contributed by atoms with Crippen molar-refractivity contribution >= 4 is 5.69 Å². The first-order valence-electron chi connectivity index (χ1n) is 6.16. The largest absolute Gasteiger partial charge is 0.385 e. The summed E-state index contributed by atoms with van der Waals surface area (Å²) < 4.78 is 12.9. The van der Waals surface area contributed by atoms with Gasteiger partial charge < -0.3 is 5.32 Å². The molecule has 2 nitrogen and oxygen atoms in total. The van der Waals surface area contributed by atoms with Crippen molar-refractivity contribution in [2.45, 2.75) is 19.3 Å². The second-order valence-corrected chi connectivity index (χ2v) is 4.39. The fourth-order valence-electron chi connectivity index (χ4n) is 1.89. The molecular weight excluding hydrogens is 227 g/mol. The highest BCUT2D eigenvalue weighted by Crippen LogP contribution is 2.18. The molecule has 1 unspecified atom stereocenters. The Balaban J connectivity index is 1.82. The number of pyridine rings is 1. The van der Waals surface area contributed by atoms with Crippen LogP contribution in [0.5, 0.6) is 0 Å². The number of nitrogens with one attached hydrogen (secondary N) is 1. The summed E-state index contributed by atoms with van der Waals surface area (Å²) in [6.45, 7) is 3.02. The van der Waals surface area contributed by atoms with Crippen molar-refractivity contribution in [3.05, 3.63) is 60.2 Å². The summed E-state index contributed by atoms with van der Waals surface area (Å²) in [6.07, 6.45) is 2.48. The molecule has 0 fully saturated rings. The Morgan fingerprint density at radius 2 is 2.00 bits per heavy atom. The van der Waals surface area contributed by atoms with Gasteiger partial charge in [0, 0.05) is 24.5 Å². The van der Waals surface area contributed by atoms with Gasteiger partial charge in [0.05, 0.1) is 0 Å². The van der Waals surface area contributed by atoms with Gasteiger partial charge in [-0.05, 0) is 24.0 Å². The van der Waals surface area contributed by atoms with Gasteiger partial charge in [0.1, 0.15) is 0 Å². The fourth-order valence-corrected chi connectivity index (χ4v) is 1.89. The van der Waals surface area contributed by atoms with Crippen LogP contribution in [0, 0.1) is 5.95 Å². The molecule has 2 aromatic rings. The summed E-state index contributed by atoms with van der Waals surface area (Å²) in [5.41, 5.74) is 2.11. The highest BCUT2D eigenvalue weighted by Gasteiger charge is 2.04. The Kier molecular flexibility index (Phi) is 4.29. The third kappa shape index (κ3) is 3.55. The maximum absolute atomic E-state index is 12.9. The zero-order valence-corrected chi connectivity index (χ0v) is 10.4. The van der Waals surface area contributed by atoms with Gasteiger partial charge in [-0.1, -0.05) is 37.3 Å². The predicted octanol–water partition coefficient (Wildman–Crippen LogP) is 3.83. The molecular formula is C15H17FN2. The number of rotatable bonds is 5. The summed E-state index contributed by atoms with van der Waals surface area (Å²) in [4.78, 5) is 3.52. The van der Waals surface area contributed by atoms with E-state index in [1.54, 1.807) is 6.07 Å². The molecule has 1 heterocycles. The molecule has 1 N–H and O–H groups in total. The molecule has 3 heteroatoms. The van der Waals surface area contributed by atoms with Gasteiger partial charge in [-0.2, -0.15) is 4.39 Å². The number of halogens is 1. The van der Waals surface area contributed by atoms with Crippen LogP contribution in [0.15, 0.2) is 48.7 Å². The number of hydrogen-bond acceptors (Lipinski definition) is 2. The van der Waals surface area contributed by atoms with Gasteiger partial charge in [-0.15, -0.1) is 0 Å². The summed E-state index contributed by atoms with van der Waals surface area (Å²) >= 11 is 0. The van der Waals surface area contributed by atoms with Crippen molar-refractivity contribution in [3.63, 3.8) is 0 Å². The van der Waals surface area contributed by atoms with E-state index in [4.69, 9.17) is 0 Å². The van der Waals surface area contributed by atoms with Crippen LogP contribution in [-0.4, -0.2) is 11.5 Å². The van der Waals surface area contributed by atoms with E-state index >= 15 is 0 Å². The minimum atomic E-state index is -0.448. The molecule has 1 aromatic heterocycles. The second kappa shape index (κ2) is 6.15. The van der Waals surface area contributed by atoms with Crippen molar-refractivity contribution in [1.29, 1.82) is 0 Å². The molecule has 94 valence electrons. The minimum absolute atomic E-state index is 0.448. The van der Waals surface area contributed by atoms with Gasteiger partial charge in [-0.3, -0.25) is 0 Å². The summed E-state index contributed by atoms with van der Waals surface area (Å²) in [5, 5.41) is 3.21. The molecule has 0 aliphatic rings. The molecule has 1 aromatic carbocycles. The van der Waals surface area contributed by atoms with E-state index in [0.29, 0.717) is 5.92 Å². The molecule has 18 heavy (non-hydrogen) atoms. The van der Waals surface area contributed by atoms with E-state index in [9.17, 15) is 4.39 Å². The Morgan fingerprint density at radius 3 is 2.72 bits per heavy atom. The number of anilines is 1. The average Bonchev–Trinajstić information content (AvgIpc) is 2.40. The molecule has 0 bridgehead atoms. The van der Waals surface area contributed by atoms with Crippen LogP contribution in [0.4, 0.5) is 10.1 Å². The lowest BCUT2D eigenvalue weighted by Gasteiger charge is -2.13. The van der Waals surface area contributed by atoms with Gasteiger partial charge >= 0.3 is 0 Å². The molecule has 0 aliphatic carbocycles. The summed E-state index contributed by atoms with van der Waals surface area (Å²) in [7, 11) is 0. The molecule has 0 spiro atoms. The first kappa shape index (κ1) is 12.6. The zero-order chi connectivity index (χ0) is 12.8. The van der Waals surface area contributed by atoms with Gasteiger partial charge in [0.25, 0.3) is 0 Å². The number of benzene rings is 1. The van der Waals surface area contributed by atoms with E-state index in [1.807, 2.05) is 6.07 Å². The fraction of sp³-hybridized carbons (Fsp3) is 0.267. The monoisotopic (exact) mass is 244 g/mol. The SMILES string of the molecule is CC(CCNc1ccnc(F)c1)c1ccccc1. The van der Waals surface area contributed by atoms with E-state index in [1.165, 1.54) is 17.8 Å². The molecule has 0 saturated heterocycles. The van der Waals surface area contributed by atoms with Crippen LogP contribution >= 0.6 is 0 Å². The Bertz CT molecular complexity index is 485. The maximum atomic E-state index is 12.9. The van der Waals surface area contributed by atoms with Gasteiger partial charge in [0.2, 0.25) is 5.95 Å². The standard InChI is InChI=1S/C15H17FN2/c1-12(13-5-3-2-4-6-13)7-9-17-14-8-10-18-15(16)11-14/h2-6,8,10-12H,7,9H2,1H3,(H,17,18). The van der Waals surface area contributed by atoms with Crippen LogP contribution in [0.2, 0.25) is 0 Å². The predicted molar refractivity (Wildman–Crippen MR) is 72.2 cm³/mol. The Morgan fingerprint density at radius 1 is 1.22 bits per heavy atom. The normalized spacial score (nSPS) is 12.1. The van der Waals surface area contributed by atoms with Crippen molar-refractivity contribution in [3.8, 4) is 0 Å². The smallest absolute Gasteiger partial charge is 0.214 e. The number of nitrogens with zero attached hydrogens (tertiary/aromatic N) is 1. The zero-order valence-electron chi connectivity index (χ0n) is 10.4. The Hall–Kier alpha value is -1.90. The van der Waals surface area contributed by atoms with Crippen molar-refractivity contribution in [2.24, 2.45) is 0 Å². The van der Waals surface area contributed by atoms with E-state index in [-0.39, 0.29) is 0 Å². The third-order valence-corrected chi connectivity index (χ3v) is 3.00. The lowest BCUT2D eigenvalue weighted by molar-refractivity contribution is 0.584. The van der Waals surface area contributed by atoms with Crippen molar-refractivity contribution in [2.75, 3.05) is 11.9 Å². The van der Waals surface area contributed by atoms with Gasteiger partial charge in [0.15, 0.2) is 0 Å². The highest BCUT2D eigenvalue weighted by molar-refractivity contribution is 5.41. The minimum Gasteiger partial charge on any atom is -0.385 e. The average molecular weight is 244 g/mol. The quantitative estimate of drug-likeness (QED) is 0.809. The third-order valence-electron chi connectivity index (χ3n) is 3.00. The molecule has 1 atom stereocenters. The maximum Gasteiger partial charge on any atom is 0.214 e. The van der Waals surface area contributed by atoms with Crippen LogP contribution < -0.4 is 5.32 Å². The topological polar surface area (TPSA) is 24.9 Å². The first-order chi connectivity index (χ1) is 8.75. The number of aromatic nitrogens is 1. The molecule has 0 saturated carbocycles. The van der Waals surface area contributed by atoms with E-state index < -0.39 is 5.95 Å². The highest BCUT2D eigenvalue weighted by atomic mass is 19.1. The molecule has 0 radical (unpaired) electrons. The van der Waals surface area contributed by atoms with Crippen molar-refractivity contribution in [1.82, 2.24) is 4.98 Å². The van der Waals surface area contributed by atoms with E-state index in [0.717, 1.165) is 18.7 Å².